The smallest absolute Gasteiger partial charge is 0.345 e. The summed E-state index contributed by atoms with van der Waals surface area (Å²) in [5.74, 6) is -0.705. The zero-order valence-electron chi connectivity index (χ0n) is 11.4. The Hall–Kier alpha value is -2.14. The Balaban J connectivity index is 1.89. The first-order chi connectivity index (χ1) is 10.1. The number of carbonyl (C=O) groups is 2. The summed E-state index contributed by atoms with van der Waals surface area (Å²) >= 11 is 1.29. The van der Waals surface area contributed by atoms with Gasteiger partial charge in [0.05, 0.1) is 6.54 Å². The van der Waals surface area contributed by atoms with Crippen molar-refractivity contribution in [2.45, 2.75) is 19.4 Å². The van der Waals surface area contributed by atoms with Crippen molar-refractivity contribution in [3.05, 3.63) is 51.7 Å². The number of hydrogen-bond acceptors (Lipinski definition) is 4. The standard InChI is InChI=1S/C16H15NO3S/c18-14-6-3-9-17(13-5-2-1-4-12(13)14)10-11-7-8-15(21-11)16(19)20/h1-2,4-5,7-8H,3,6,9-10H2,(H,19,20). The number of para-hydroxylation sites is 1. The molecule has 1 aliphatic heterocycles. The summed E-state index contributed by atoms with van der Waals surface area (Å²) in [5, 5.41) is 8.99. The molecule has 0 saturated carbocycles. The lowest BCUT2D eigenvalue weighted by molar-refractivity contribution is 0.0702. The van der Waals surface area contributed by atoms with E-state index in [1.54, 1.807) is 6.07 Å². The fraction of sp³-hybridized carbons (Fsp3) is 0.250. The first-order valence-electron chi connectivity index (χ1n) is 6.84. The number of benzene rings is 1. The minimum Gasteiger partial charge on any atom is -0.477 e. The monoisotopic (exact) mass is 301 g/mol. The van der Waals surface area contributed by atoms with Gasteiger partial charge in [-0.05, 0) is 30.7 Å². The lowest BCUT2D eigenvalue weighted by atomic mass is 10.1. The van der Waals surface area contributed by atoms with Crippen LogP contribution in [-0.4, -0.2) is 23.4 Å². The Morgan fingerprint density at radius 1 is 1.24 bits per heavy atom. The zero-order valence-corrected chi connectivity index (χ0v) is 12.2. The predicted molar refractivity (Wildman–Crippen MR) is 82.3 cm³/mol. The number of rotatable bonds is 3. The minimum atomic E-state index is -0.891. The molecule has 108 valence electrons. The van der Waals surface area contributed by atoms with Gasteiger partial charge in [0.25, 0.3) is 0 Å². The Kier molecular flexibility index (Phi) is 3.75. The first-order valence-corrected chi connectivity index (χ1v) is 7.66. The fourth-order valence-electron chi connectivity index (χ4n) is 2.60. The van der Waals surface area contributed by atoms with Gasteiger partial charge < -0.3 is 10.0 Å². The molecular weight excluding hydrogens is 286 g/mol. The summed E-state index contributed by atoms with van der Waals surface area (Å²) in [6.45, 7) is 1.45. The third-order valence-electron chi connectivity index (χ3n) is 3.60. The maximum absolute atomic E-state index is 12.1. The van der Waals surface area contributed by atoms with E-state index in [1.807, 2.05) is 30.3 Å². The van der Waals surface area contributed by atoms with Gasteiger partial charge in [0, 0.05) is 29.1 Å². The number of carboxylic acid groups (broad SMARTS) is 1. The largest absolute Gasteiger partial charge is 0.477 e. The third kappa shape index (κ3) is 2.83. The van der Waals surface area contributed by atoms with Crippen LogP contribution < -0.4 is 4.90 Å². The van der Waals surface area contributed by atoms with Gasteiger partial charge in [-0.1, -0.05) is 12.1 Å². The number of carboxylic acids is 1. The second kappa shape index (κ2) is 5.69. The fourth-order valence-corrected chi connectivity index (χ4v) is 3.46. The van der Waals surface area contributed by atoms with Crippen molar-refractivity contribution in [2.75, 3.05) is 11.4 Å². The second-order valence-electron chi connectivity index (χ2n) is 5.04. The van der Waals surface area contributed by atoms with E-state index in [0.29, 0.717) is 17.8 Å². The molecule has 0 radical (unpaired) electrons. The van der Waals surface area contributed by atoms with Crippen LogP contribution in [0.15, 0.2) is 36.4 Å². The number of carbonyl (C=O) groups excluding carboxylic acids is 1. The van der Waals surface area contributed by atoms with Crippen molar-refractivity contribution in [2.24, 2.45) is 0 Å². The molecule has 1 aromatic heterocycles. The van der Waals surface area contributed by atoms with Gasteiger partial charge in [-0.3, -0.25) is 4.79 Å². The number of aromatic carboxylic acids is 1. The van der Waals surface area contributed by atoms with Crippen molar-refractivity contribution >= 4 is 28.8 Å². The quantitative estimate of drug-likeness (QED) is 0.943. The van der Waals surface area contributed by atoms with E-state index in [0.717, 1.165) is 29.1 Å². The molecule has 0 saturated heterocycles. The van der Waals surface area contributed by atoms with Gasteiger partial charge in [-0.25, -0.2) is 4.79 Å². The Labute approximate surface area is 126 Å². The number of nitrogens with zero attached hydrogens (tertiary/aromatic N) is 1. The highest BCUT2D eigenvalue weighted by Gasteiger charge is 2.21. The molecule has 1 aliphatic rings. The van der Waals surface area contributed by atoms with Crippen LogP contribution in [0.5, 0.6) is 0 Å². The Morgan fingerprint density at radius 3 is 2.81 bits per heavy atom. The van der Waals surface area contributed by atoms with Crippen LogP contribution in [0.3, 0.4) is 0 Å². The minimum absolute atomic E-state index is 0.186. The highest BCUT2D eigenvalue weighted by molar-refractivity contribution is 7.13. The molecule has 2 heterocycles. The van der Waals surface area contributed by atoms with E-state index >= 15 is 0 Å². The van der Waals surface area contributed by atoms with Crippen LogP contribution in [0.1, 0.15) is 37.7 Å². The van der Waals surface area contributed by atoms with E-state index in [9.17, 15) is 9.59 Å². The van der Waals surface area contributed by atoms with Crippen LogP contribution in [0.2, 0.25) is 0 Å². The molecule has 1 N–H and O–H groups in total. The molecular formula is C16H15NO3S. The van der Waals surface area contributed by atoms with Gasteiger partial charge in [0.1, 0.15) is 4.88 Å². The van der Waals surface area contributed by atoms with Crippen molar-refractivity contribution in [1.29, 1.82) is 0 Å². The average Bonchev–Trinajstić information content (AvgIpc) is 2.89. The van der Waals surface area contributed by atoms with Crippen LogP contribution >= 0.6 is 11.3 Å². The SMILES string of the molecule is O=C(O)c1ccc(CN2CCCC(=O)c3ccccc32)s1. The first kappa shape index (κ1) is 13.8. The molecule has 0 unspecified atom stereocenters. The molecule has 21 heavy (non-hydrogen) atoms. The molecule has 0 bridgehead atoms. The number of hydrogen-bond donors (Lipinski definition) is 1. The second-order valence-corrected chi connectivity index (χ2v) is 6.20. The molecule has 1 aromatic carbocycles. The zero-order chi connectivity index (χ0) is 14.8. The number of Topliss-reactive ketones (excluding diaryl/α,β-unsaturated/α-hetero) is 1. The van der Waals surface area contributed by atoms with Crippen molar-refractivity contribution < 1.29 is 14.7 Å². The maximum atomic E-state index is 12.1. The summed E-state index contributed by atoms with van der Waals surface area (Å²) < 4.78 is 0. The van der Waals surface area contributed by atoms with E-state index in [-0.39, 0.29) is 5.78 Å². The molecule has 0 spiro atoms. The molecule has 3 rings (SSSR count). The molecule has 5 heteroatoms. The van der Waals surface area contributed by atoms with Crippen molar-refractivity contribution in [1.82, 2.24) is 0 Å². The summed E-state index contributed by atoms with van der Waals surface area (Å²) in [4.78, 5) is 26.6. The van der Waals surface area contributed by atoms with Crippen molar-refractivity contribution in [3.63, 3.8) is 0 Å². The van der Waals surface area contributed by atoms with Gasteiger partial charge >= 0.3 is 5.97 Å². The molecule has 0 fully saturated rings. The predicted octanol–water partition coefficient (Wildman–Crippen LogP) is 3.43. The summed E-state index contributed by atoms with van der Waals surface area (Å²) in [7, 11) is 0. The van der Waals surface area contributed by atoms with Crippen LogP contribution in [0.25, 0.3) is 0 Å². The highest BCUT2D eigenvalue weighted by Crippen LogP contribution is 2.29. The summed E-state index contributed by atoms with van der Waals surface area (Å²) in [5.41, 5.74) is 1.72. The Bertz CT molecular complexity index is 692. The maximum Gasteiger partial charge on any atom is 0.345 e. The highest BCUT2D eigenvalue weighted by atomic mass is 32.1. The lowest BCUT2D eigenvalue weighted by Gasteiger charge is -2.23. The number of fused-ring (bicyclic) bond motifs is 1. The van der Waals surface area contributed by atoms with E-state index in [2.05, 4.69) is 4.90 Å². The van der Waals surface area contributed by atoms with Gasteiger partial charge in [-0.2, -0.15) is 0 Å². The number of anilines is 1. The van der Waals surface area contributed by atoms with Crippen LogP contribution in [-0.2, 0) is 6.54 Å². The van der Waals surface area contributed by atoms with Crippen molar-refractivity contribution in [3.8, 4) is 0 Å². The molecule has 2 aromatic rings. The van der Waals surface area contributed by atoms with Crippen LogP contribution in [0, 0.1) is 0 Å². The molecule has 0 amide bonds. The average molecular weight is 301 g/mol. The van der Waals surface area contributed by atoms with Gasteiger partial charge in [0.15, 0.2) is 5.78 Å². The number of ketones is 1. The van der Waals surface area contributed by atoms with E-state index in [1.165, 1.54) is 11.3 Å². The lowest BCUT2D eigenvalue weighted by Crippen LogP contribution is -2.23. The number of thiophene rings is 1. The summed E-state index contributed by atoms with van der Waals surface area (Å²) in [6.07, 6.45) is 1.39. The summed E-state index contributed by atoms with van der Waals surface area (Å²) in [6, 6.07) is 11.1. The molecule has 0 aliphatic carbocycles. The third-order valence-corrected chi connectivity index (χ3v) is 4.65. The topological polar surface area (TPSA) is 57.6 Å². The Morgan fingerprint density at radius 2 is 2.05 bits per heavy atom. The van der Waals surface area contributed by atoms with E-state index < -0.39 is 5.97 Å². The normalized spacial score (nSPS) is 14.7. The molecule has 0 atom stereocenters. The van der Waals surface area contributed by atoms with E-state index in [4.69, 9.17) is 5.11 Å². The van der Waals surface area contributed by atoms with Gasteiger partial charge in [-0.15, -0.1) is 11.3 Å². The van der Waals surface area contributed by atoms with Gasteiger partial charge in [0.2, 0.25) is 0 Å². The molecule has 4 nitrogen and oxygen atoms in total. The van der Waals surface area contributed by atoms with Crippen LogP contribution in [0.4, 0.5) is 5.69 Å².